The Morgan fingerprint density at radius 2 is 0.913 bits per heavy atom. The molecule has 0 atom stereocenters. The van der Waals surface area contributed by atoms with Gasteiger partial charge in [-0.1, -0.05) is 83.5 Å². The van der Waals surface area contributed by atoms with E-state index in [0.29, 0.717) is 13.0 Å². The first-order chi connectivity index (χ1) is 10.8. The van der Waals surface area contributed by atoms with Crippen molar-refractivity contribution in [1.29, 1.82) is 0 Å². The number of carbonyl (C=O) groups is 1. The molecule has 0 aliphatic rings. The molecule has 0 rings (SSSR count). The van der Waals surface area contributed by atoms with Crippen LogP contribution in [0.4, 0.5) is 0 Å². The molecule has 0 spiro atoms. The van der Waals surface area contributed by atoms with Crippen LogP contribution < -0.4 is 0 Å². The monoisotopic (exact) mass is 340 g/mol. The standard InChI is InChI=1S/C18H36O4.Na.H/c19-17-15-13-11-9-7-5-3-1-2-4-6-8-10-12-14-16-18(20)22-21;;/h19,21H,1-17H2;;. The molecule has 0 saturated carbocycles. The fourth-order valence-corrected chi connectivity index (χ4v) is 2.72. The van der Waals surface area contributed by atoms with Crippen LogP contribution in [0.15, 0.2) is 0 Å². The summed E-state index contributed by atoms with van der Waals surface area (Å²) in [6, 6.07) is 0. The van der Waals surface area contributed by atoms with Gasteiger partial charge in [0.15, 0.2) is 0 Å². The van der Waals surface area contributed by atoms with Crippen LogP contribution in [0.3, 0.4) is 0 Å². The normalized spacial score (nSPS) is 10.3. The van der Waals surface area contributed by atoms with Gasteiger partial charge in [-0.25, -0.2) is 4.79 Å². The van der Waals surface area contributed by atoms with Crippen LogP contribution in [0.2, 0.25) is 0 Å². The Morgan fingerprint density at radius 1 is 0.609 bits per heavy atom. The molecule has 0 aromatic heterocycles. The van der Waals surface area contributed by atoms with Crippen molar-refractivity contribution >= 4 is 35.5 Å². The molecule has 134 valence electrons. The third-order valence-corrected chi connectivity index (χ3v) is 4.14. The van der Waals surface area contributed by atoms with Crippen LogP contribution in [0.1, 0.15) is 103 Å². The van der Waals surface area contributed by atoms with E-state index in [-0.39, 0.29) is 29.6 Å². The minimum absolute atomic E-state index is 0. The van der Waals surface area contributed by atoms with Crippen molar-refractivity contribution in [3.8, 4) is 0 Å². The number of aliphatic hydroxyl groups is 1. The van der Waals surface area contributed by atoms with Crippen molar-refractivity contribution < 1.29 is 20.0 Å². The second-order valence-electron chi connectivity index (χ2n) is 6.24. The predicted molar refractivity (Wildman–Crippen MR) is 96.8 cm³/mol. The first-order valence-corrected chi connectivity index (χ1v) is 9.26. The van der Waals surface area contributed by atoms with Crippen LogP contribution >= 0.6 is 0 Å². The van der Waals surface area contributed by atoms with Gasteiger partial charge in [0, 0.05) is 13.0 Å². The summed E-state index contributed by atoms with van der Waals surface area (Å²) >= 11 is 0. The van der Waals surface area contributed by atoms with Gasteiger partial charge in [-0.2, -0.15) is 5.26 Å². The Balaban J connectivity index is 0. The summed E-state index contributed by atoms with van der Waals surface area (Å²) in [5.74, 6) is -0.520. The van der Waals surface area contributed by atoms with Gasteiger partial charge in [-0.3, -0.25) is 0 Å². The second-order valence-corrected chi connectivity index (χ2v) is 6.24. The molecule has 0 aliphatic carbocycles. The van der Waals surface area contributed by atoms with Crippen LogP contribution in [-0.4, -0.2) is 52.5 Å². The van der Waals surface area contributed by atoms with E-state index in [0.717, 1.165) is 19.3 Å². The van der Waals surface area contributed by atoms with Crippen LogP contribution in [0, 0.1) is 0 Å². The van der Waals surface area contributed by atoms with Crippen molar-refractivity contribution in [2.45, 2.75) is 103 Å². The van der Waals surface area contributed by atoms with E-state index in [9.17, 15) is 4.79 Å². The molecule has 0 fully saturated rings. The number of rotatable bonds is 17. The van der Waals surface area contributed by atoms with Crippen LogP contribution in [-0.2, 0) is 9.68 Å². The molecule has 0 aromatic rings. The fraction of sp³-hybridized carbons (Fsp3) is 0.944. The average Bonchev–Trinajstić information content (AvgIpc) is 2.54. The number of carbonyl (C=O) groups excluding carboxylic acids is 1. The van der Waals surface area contributed by atoms with Gasteiger partial charge in [0.25, 0.3) is 0 Å². The SMILES string of the molecule is O=C(CCCCCCCCCCCCCCCCCO)OO.[NaH]. The summed E-state index contributed by atoms with van der Waals surface area (Å²) in [5.41, 5.74) is 0. The maximum absolute atomic E-state index is 10.7. The number of aliphatic hydroxyl groups excluding tert-OH is 1. The summed E-state index contributed by atoms with van der Waals surface area (Å²) in [4.78, 5) is 14.3. The van der Waals surface area contributed by atoms with E-state index in [1.165, 1.54) is 77.0 Å². The van der Waals surface area contributed by atoms with Gasteiger partial charge >= 0.3 is 35.5 Å². The van der Waals surface area contributed by atoms with Gasteiger partial charge in [0.2, 0.25) is 0 Å². The first-order valence-electron chi connectivity index (χ1n) is 9.26. The molecule has 0 radical (unpaired) electrons. The quantitative estimate of drug-likeness (QED) is 0.176. The average molecular weight is 340 g/mol. The topological polar surface area (TPSA) is 66.8 Å². The van der Waals surface area contributed by atoms with E-state index in [4.69, 9.17) is 10.4 Å². The summed E-state index contributed by atoms with van der Waals surface area (Å²) < 4.78 is 0. The molecular weight excluding hydrogens is 303 g/mol. The third kappa shape index (κ3) is 22.4. The Bertz CT molecular complexity index is 237. The number of hydrogen-bond acceptors (Lipinski definition) is 4. The molecule has 5 heteroatoms. The molecule has 0 amide bonds. The second kappa shape index (κ2) is 22.4. The van der Waals surface area contributed by atoms with E-state index in [1.54, 1.807) is 0 Å². The number of hydrogen-bond donors (Lipinski definition) is 2. The van der Waals surface area contributed by atoms with Gasteiger partial charge in [0.1, 0.15) is 0 Å². The van der Waals surface area contributed by atoms with E-state index in [2.05, 4.69) is 4.89 Å². The Kier molecular flexibility index (Phi) is 24.9. The van der Waals surface area contributed by atoms with Crippen LogP contribution in [0.25, 0.3) is 0 Å². The zero-order chi connectivity index (χ0) is 16.3. The van der Waals surface area contributed by atoms with Gasteiger partial charge in [-0.05, 0) is 12.8 Å². The van der Waals surface area contributed by atoms with Crippen molar-refractivity contribution in [2.24, 2.45) is 0 Å². The molecule has 0 saturated heterocycles. The van der Waals surface area contributed by atoms with E-state index >= 15 is 0 Å². The molecule has 0 unspecified atom stereocenters. The molecule has 23 heavy (non-hydrogen) atoms. The molecule has 0 aromatic carbocycles. The van der Waals surface area contributed by atoms with Crippen LogP contribution in [0.5, 0.6) is 0 Å². The summed E-state index contributed by atoms with van der Waals surface area (Å²) in [5, 5.41) is 16.8. The van der Waals surface area contributed by atoms with E-state index in [1.807, 2.05) is 0 Å². The Labute approximate surface area is 164 Å². The fourth-order valence-electron chi connectivity index (χ4n) is 2.72. The van der Waals surface area contributed by atoms with Crippen molar-refractivity contribution in [3.63, 3.8) is 0 Å². The molecule has 0 bridgehead atoms. The number of unbranched alkanes of at least 4 members (excludes halogenated alkanes) is 14. The molecule has 4 nitrogen and oxygen atoms in total. The molecule has 0 heterocycles. The molecule has 2 N–H and O–H groups in total. The minimum atomic E-state index is -0.520. The van der Waals surface area contributed by atoms with E-state index < -0.39 is 5.97 Å². The zero-order valence-corrected chi connectivity index (χ0v) is 14.2. The first kappa shape index (κ1) is 25.6. The molecular formula is C18H37NaO4. The van der Waals surface area contributed by atoms with Crippen molar-refractivity contribution in [2.75, 3.05) is 6.61 Å². The maximum atomic E-state index is 10.7. The summed E-state index contributed by atoms with van der Waals surface area (Å²) in [7, 11) is 0. The zero-order valence-electron chi connectivity index (χ0n) is 14.2. The van der Waals surface area contributed by atoms with Gasteiger partial charge in [0.05, 0.1) is 0 Å². The third-order valence-electron chi connectivity index (χ3n) is 4.14. The Hall–Kier alpha value is 0.390. The summed E-state index contributed by atoms with van der Waals surface area (Å²) in [6.07, 6.45) is 18.8. The predicted octanol–water partition coefficient (Wildman–Crippen LogP) is 4.59. The van der Waals surface area contributed by atoms with Gasteiger partial charge < -0.3 is 9.99 Å². The van der Waals surface area contributed by atoms with Gasteiger partial charge in [-0.15, -0.1) is 0 Å². The molecule has 0 aliphatic heterocycles. The Morgan fingerprint density at radius 3 is 1.22 bits per heavy atom. The summed E-state index contributed by atoms with van der Waals surface area (Å²) in [6.45, 7) is 0.342. The van der Waals surface area contributed by atoms with Crippen molar-refractivity contribution in [3.05, 3.63) is 0 Å². The van der Waals surface area contributed by atoms with Crippen molar-refractivity contribution in [1.82, 2.24) is 0 Å².